The molecule has 3 rings (SSSR count). The monoisotopic (exact) mass is 368 g/mol. The number of hydrogen-bond donors (Lipinski definition) is 0. The normalized spacial score (nSPS) is 10.8. The largest absolute Gasteiger partial charge is 0.345 e. The van der Waals surface area contributed by atoms with Gasteiger partial charge < -0.3 is 9.47 Å². The summed E-state index contributed by atoms with van der Waals surface area (Å²) in [4.78, 5) is 14.5. The molecule has 5 heteroatoms. The van der Waals surface area contributed by atoms with Crippen LogP contribution in [0.4, 0.5) is 8.78 Å². The molecule has 0 saturated heterocycles. The molecule has 0 aliphatic heterocycles. The van der Waals surface area contributed by atoms with E-state index in [4.69, 9.17) is 0 Å². The number of halogens is 2. The molecular weight excluding hydrogens is 346 g/mol. The summed E-state index contributed by atoms with van der Waals surface area (Å²) >= 11 is 0. The average Bonchev–Trinajstić information content (AvgIpc) is 3.07. The van der Waals surface area contributed by atoms with Crippen LogP contribution in [-0.4, -0.2) is 21.9 Å². The second kappa shape index (κ2) is 8.62. The lowest BCUT2D eigenvalue weighted by molar-refractivity contribution is 0.0739. The summed E-state index contributed by atoms with van der Waals surface area (Å²) in [5.74, 6) is -0.892. The Balaban J connectivity index is 1.79. The van der Waals surface area contributed by atoms with E-state index >= 15 is 0 Å². The van der Waals surface area contributed by atoms with Gasteiger partial charge >= 0.3 is 0 Å². The van der Waals surface area contributed by atoms with Crippen LogP contribution < -0.4 is 0 Å². The van der Waals surface area contributed by atoms with E-state index in [9.17, 15) is 13.6 Å². The van der Waals surface area contributed by atoms with Gasteiger partial charge in [0.05, 0.1) is 6.54 Å². The third-order valence-corrected chi connectivity index (χ3v) is 4.37. The SMILES string of the molecule is CCCN(Cc1cccn1Cc1cccc(F)c1)C(=O)c1cccc(F)c1. The third kappa shape index (κ3) is 4.82. The Hall–Kier alpha value is -2.95. The highest BCUT2D eigenvalue weighted by atomic mass is 19.1. The van der Waals surface area contributed by atoms with Crippen molar-refractivity contribution >= 4 is 5.91 Å². The highest BCUT2D eigenvalue weighted by Crippen LogP contribution is 2.15. The standard InChI is InChI=1S/C22H22F2N2O/c1-2-11-26(22(27)18-7-4-9-20(24)14-18)16-21-10-5-12-25(21)15-17-6-3-8-19(23)13-17/h3-10,12-14H,2,11,15-16H2,1H3. The number of amides is 1. The van der Waals surface area contributed by atoms with Crippen LogP contribution in [0.5, 0.6) is 0 Å². The minimum atomic E-state index is -0.424. The molecule has 1 heterocycles. The first-order valence-electron chi connectivity index (χ1n) is 9.00. The van der Waals surface area contributed by atoms with Crippen LogP contribution in [0, 0.1) is 11.6 Å². The van der Waals surface area contributed by atoms with Gasteiger partial charge in [0.25, 0.3) is 5.91 Å². The maximum absolute atomic E-state index is 13.5. The van der Waals surface area contributed by atoms with Gasteiger partial charge in [0.15, 0.2) is 0 Å². The highest BCUT2D eigenvalue weighted by Gasteiger charge is 2.17. The Kier molecular flexibility index (Phi) is 6.01. The lowest BCUT2D eigenvalue weighted by atomic mass is 10.1. The first-order valence-corrected chi connectivity index (χ1v) is 9.00. The molecule has 140 valence electrons. The van der Waals surface area contributed by atoms with Crippen molar-refractivity contribution in [1.82, 2.24) is 9.47 Å². The van der Waals surface area contributed by atoms with Crippen molar-refractivity contribution in [3.63, 3.8) is 0 Å². The average molecular weight is 368 g/mol. The summed E-state index contributed by atoms with van der Waals surface area (Å²) in [7, 11) is 0. The van der Waals surface area contributed by atoms with Crippen LogP contribution in [0.15, 0.2) is 66.9 Å². The van der Waals surface area contributed by atoms with Gasteiger partial charge in [-0.2, -0.15) is 0 Å². The second-order valence-electron chi connectivity index (χ2n) is 6.49. The summed E-state index contributed by atoms with van der Waals surface area (Å²) in [6, 6.07) is 16.1. The van der Waals surface area contributed by atoms with Gasteiger partial charge in [0, 0.05) is 30.5 Å². The summed E-state index contributed by atoms with van der Waals surface area (Å²) in [5, 5.41) is 0. The van der Waals surface area contributed by atoms with E-state index < -0.39 is 5.82 Å². The predicted molar refractivity (Wildman–Crippen MR) is 101 cm³/mol. The quantitative estimate of drug-likeness (QED) is 0.584. The number of aromatic nitrogens is 1. The molecule has 0 bridgehead atoms. The Labute approximate surface area is 157 Å². The summed E-state index contributed by atoms with van der Waals surface area (Å²) in [6.07, 6.45) is 2.71. The van der Waals surface area contributed by atoms with Crippen molar-refractivity contribution in [3.05, 3.63) is 95.3 Å². The first-order chi connectivity index (χ1) is 13.1. The smallest absolute Gasteiger partial charge is 0.254 e. The number of nitrogens with zero attached hydrogens (tertiary/aromatic N) is 2. The van der Waals surface area contributed by atoms with E-state index in [0.717, 1.165) is 17.7 Å². The lowest BCUT2D eigenvalue weighted by Crippen LogP contribution is -2.32. The lowest BCUT2D eigenvalue weighted by Gasteiger charge is -2.23. The summed E-state index contributed by atoms with van der Waals surface area (Å²) in [5.41, 5.74) is 2.13. The van der Waals surface area contributed by atoms with Crippen molar-refractivity contribution < 1.29 is 13.6 Å². The molecule has 1 amide bonds. The zero-order chi connectivity index (χ0) is 19.2. The fraction of sp³-hybridized carbons (Fsp3) is 0.227. The molecular formula is C22H22F2N2O. The van der Waals surface area contributed by atoms with E-state index in [0.29, 0.717) is 25.2 Å². The van der Waals surface area contributed by atoms with Gasteiger partial charge in [-0.25, -0.2) is 8.78 Å². The van der Waals surface area contributed by atoms with Crippen molar-refractivity contribution in [3.8, 4) is 0 Å². The predicted octanol–water partition coefficient (Wildman–Crippen LogP) is 4.87. The summed E-state index contributed by atoms with van der Waals surface area (Å²) in [6.45, 7) is 3.50. The fourth-order valence-electron chi connectivity index (χ4n) is 3.10. The molecule has 1 aromatic heterocycles. The first kappa shape index (κ1) is 18.8. The van der Waals surface area contributed by atoms with Crippen molar-refractivity contribution in [1.29, 1.82) is 0 Å². The maximum atomic E-state index is 13.5. The summed E-state index contributed by atoms with van der Waals surface area (Å²) < 4.78 is 28.9. The Morgan fingerprint density at radius 2 is 1.74 bits per heavy atom. The van der Waals surface area contributed by atoms with Gasteiger partial charge in [-0.1, -0.05) is 25.1 Å². The van der Waals surface area contributed by atoms with Crippen LogP contribution in [0.2, 0.25) is 0 Å². The molecule has 0 atom stereocenters. The Morgan fingerprint density at radius 3 is 2.44 bits per heavy atom. The Morgan fingerprint density at radius 1 is 1.00 bits per heavy atom. The van der Waals surface area contributed by atoms with Crippen molar-refractivity contribution in [2.75, 3.05) is 6.54 Å². The molecule has 0 aliphatic carbocycles. The maximum Gasteiger partial charge on any atom is 0.254 e. The Bertz CT molecular complexity index is 920. The van der Waals surface area contributed by atoms with Crippen LogP contribution in [-0.2, 0) is 13.1 Å². The topological polar surface area (TPSA) is 25.2 Å². The van der Waals surface area contributed by atoms with E-state index in [-0.39, 0.29) is 11.7 Å². The number of carbonyl (C=O) groups excluding carboxylic acids is 1. The highest BCUT2D eigenvalue weighted by molar-refractivity contribution is 5.94. The molecule has 0 unspecified atom stereocenters. The van der Waals surface area contributed by atoms with Crippen LogP contribution in [0.1, 0.15) is 35.0 Å². The van der Waals surface area contributed by atoms with Gasteiger partial charge in [0.2, 0.25) is 0 Å². The molecule has 0 spiro atoms. The zero-order valence-electron chi connectivity index (χ0n) is 15.2. The molecule has 0 N–H and O–H groups in total. The van der Waals surface area contributed by atoms with Gasteiger partial charge in [-0.15, -0.1) is 0 Å². The number of benzene rings is 2. The van der Waals surface area contributed by atoms with E-state index in [1.54, 1.807) is 23.1 Å². The van der Waals surface area contributed by atoms with Crippen molar-refractivity contribution in [2.45, 2.75) is 26.4 Å². The van der Waals surface area contributed by atoms with Crippen LogP contribution >= 0.6 is 0 Å². The molecule has 0 radical (unpaired) electrons. The third-order valence-electron chi connectivity index (χ3n) is 4.37. The number of carbonyl (C=O) groups is 1. The minimum Gasteiger partial charge on any atom is -0.345 e. The minimum absolute atomic E-state index is 0.199. The molecule has 0 fully saturated rings. The van der Waals surface area contributed by atoms with E-state index in [1.807, 2.05) is 35.9 Å². The zero-order valence-corrected chi connectivity index (χ0v) is 15.2. The molecule has 3 nitrogen and oxygen atoms in total. The number of rotatable bonds is 7. The van der Waals surface area contributed by atoms with Gasteiger partial charge in [0.1, 0.15) is 11.6 Å². The second-order valence-corrected chi connectivity index (χ2v) is 6.49. The molecule has 0 aliphatic rings. The molecule has 27 heavy (non-hydrogen) atoms. The van der Waals surface area contributed by atoms with Gasteiger partial charge in [-0.3, -0.25) is 4.79 Å². The van der Waals surface area contributed by atoms with Crippen LogP contribution in [0.3, 0.4) is 0 Å². The van der Waals surface area contributed by atoms with E-state index in [1.165, 1.54) is 24.3 Å². The number of hydrogen-bond acceptors (Lipinski definition) is 1. The van der Waals surface area contributed by atoms with E-state index in [2.05, 4.69) is 0 Å². The fourth-order valence-corrected chi connectivity index (χ4v) is 3.10. The molecule has 2 aromatic carbocycles. The van der Waals surface area contributed by atoms with Gasteiger partial charge in [-0.05, 0) is 54.4 Å². The molecule has 3 aromatic rings. The molecule has 0 saturated carbocycles. The van der Waals surface area contributed by atoms with Crippen molar-refractivity contribution in [2.24, 2.45) is 0 Å². The van der Waals surface area contributed by atoms with Crippen LogP contribution in [0.25, 0.3) is 0 Å².